The number of hydrogen-bond acceptors (Lipinski definition) is 2. The third-order valence-corrected chi connectivity index (χ3v) is 3.29. The van der Waals surface area contributed by atoms with Gasteiger partial charge in [0.1, 0.15) is 0 Å². The molecule has 0 aliphatic carbocycles. The minimum absolute atomic E-state index is 0.130. The second-order valence-electron chi connectivity index (χ2n) is 5.60. The third kappa shape index (κ3) is 5.75. The lowest BCUT2D eigenvalue weighted by atomic mass is 9.79. The first-order chi connectivity index (χ1) is 8.92. The van der Waals surface area contributed by atoms with E-state index < -0.39 is 6.03 Å². The van der Waals surface area contributed by atoms with Crippen molar-refractivity contribution in [1.29, 1.82) is 0 Å². The van der Waals surface area contributed by atoms with Gasteiger partial charge in [0.15, 0.2) is 0 Å². The summed E-state index contributed by atoms with van der Waals surface area (Å²) in [5.74, 6) is 0. The van der Waals surface area contributed by atoms with Crippen molar-refractivity contribution >= 4 is 6.03 Å². The van der Waals surface area contributed by atoms with Gasteiger partial charge in [-0.3, -0.25) is 0 Å². The first kappa shape index (κ1) is 15.5. The van der Waals surface area contributed by atoms with Gasteiger partial charge in [-0.15, -0.1) is 0 Å². The van der Waals surface area contributed by atoms with Crippen LogP contribution in [0.15, 0.2) is 30.3 Å². The number of hydrogen-bond donors (Lipinski definition) is 3. The largest absolute Gasteiger partial charge is 0.352 e. The third-order valence-electron chi connectivity index (χ3n) is 3.29. The topological polar surface area (TPSA) is 67.2 Å². The van der Waals surface area contributed by atoms with Crippen LogP contribution in [0.4, 0.5) is 4.79 Å². The number of urea groups is 1. The molecule has 1 unspecified atom stereocenters. The van der Waals surface area contributed by atoms with Crippen molar-refractivity contribution in [1.82, 2.24) is 10.6 Å². The van der Waals surface area contributed by atoms with E-state index in [9.17, 15) is 4.79 Å². The van der Waals surface area contributed by atoms with Gasteiger partial charge in [0.25, 0.3) is 0 Å². The highest BCUT2D eigenvalue weighted by Gasteiger charge is 2.22. The Kier molecular flexibility index (Phi) is 5.83. The Morgan fingerprint density at radius 3 is 2.47 bits per heavy atom. The van der Waals surface area contributed by atoms with Gasteiger partial charge in [-0.05, 0) is 24.3 Å². The molecule has 0 aliphatic rings. The average Bonchev–Trinajstić information content (AvgIpc) is 2.35. The molecule has 0 aliphatic heterocycles. The van der Waals surface area contributed by atoms with E-state index in [2.05, 4.69) is 55.7 Å². The predicted molar refractivity (Wildman–Crippen MR) is 79.1 cm³/mol. The van der Waals surface area contributed by atoms with Crippen molar-refractivity contribution < 1.29 is 4.79 Å². The second-order valence-corrected chi connectivity index (χ2v) is 5.60. The molecule has 106 valence electrons. The number of amides is 2. The molecule has 1 atom stereocenters. The number of carbonyl (C=O) groups excluding carboxylic acids is 1. The molecule has 4 heteroatoms. The Bertz CT molecular complexity index is 390. The van der Waals surface area contributed by atoms with Crippen LogP contribution < -0.4 is 16.4 Å². The van der Waals surface area contributed by atoms with Crippen molar-refractivity contribution in [2.75, 3.05) is 13.1 Å². The second kappa shape index (κ2) is 7.14. The van der Waals surface area contributed by atoms with E-state index in [4.69, 9.17) is 5.73 Å². The van der Waals surface area contributed by atoms with E-state index >= 15 is 0 Å². The normalized spacial score (nSPS) is 13.0. The summed E-state index contributed by atoms with van der Waals surface area (Å²) >= 11 is 0. The van der Waals surface area contributed by atoms with Crippen LogP contribution in [-0.2, 0) is 5.41 Å². The zero-order valence-corrected chi connectivity index (χ0v) is 12.1. The fraction of sp³-hybridized carbons (Fsp3) is 0.533. The van der Waals surface area contributed by atoms with Crippen LogP contribution in [0.5, 0.6) is 0 Å². The summed E-state index contributed by atoms with van der Waals surface area (Å²) in [4.78, 5) is 10.5. The van der Waals surface area contributed by atoms with E-state index in [1.165, 1.54) is 5.56 Å². The van der Waals surface area contributed by atoms with Gasteiger partial charge in [-0.2, -0.15) is 0 Å². The lowest BCUT2D eigenvalue weighted by Gasteiger charge is -2.29. The minimum Gasteiger partial charge on any atom is -0.352 e. The van der Waals surface area contributed by atoms with Crippen molar-refractivity contribution in [2.45, 2.75) is 38.6 Å². The van der Waals surface area contributed by atoms with Crippen molar-refractivity contribution in [3.8, 4) is 0 Å². The standard InChI is InChI=1S/C15H25N3O/c1-12(17-9-10-18-14(16)19)11-15(2,3)13-7-5-4-6-8-13/h4-8,12,17H,9-11H2,1-3H3,(H3,16,18,19). The van der Waals surface area contributed by atoms with Crippen LogP contribution in [0.3, 0.4) is 0 Å². The lowest BCUT2D eigenvalue weighted by molar-refractivity contribution is 0.248. The molecule has 0 radical (unpaired) electrons. The smallest absolute Gasteiger partial charge is 0.312 e. The summed E-state index contributed by atoms with van der Waals surface area (Å²) in [6.45, 7) is 7.96. The van der Waals surface area contributed by atoms with Crippen LogP contribution in [0, 0.1) is 0 Å². The molecule has 0 fully saturated rings. The highest BCUT2D eigenvalue weighted by Crippen LogP contribution is 2.27. The molecule has 0 saturated heterocycles. The summed E-state index contributed by atoms with van der Waals surface area (Å²) in [7, 11) is 0. The Balaban J connectivity index is 2.38. The zero-order chi connectivity index (χ0) is 14.3. The number of rotatable bonds is 7. The fourth-order valence-electron chi connectivity index (χ4n) is 2.35. The van der Waals surface area contributed by atoms with Crippen LogP contribution in [-0.4, -0.2) is 25.2 Å². The van der Waals surface area contributed by atoms with Gasteiger partial charge in [-0.25, -0.2) is 4.79 Å². The fourth-order valence-corrected chi connectivity index (χ4v) is 2.35. The van der Waals surface area contributed by atoms with Crippen molar-refractivity contribution in [3.05, 3.63) is 35.9 Å². The van der Waals surface area contributed by atoms with Gasteiger partial charge < -0.3 is 16.4 Å². The Morgan fingerprint density at radius 1 is 1.26 bits per heavy atom. The molecular weight excluding hydrogens is 238 g/mol. The van der Waals surface area contributed by atoms with Crippen molar-refractivity contribution in [3.63, 3.8) is 0 Å². The molecule has 1 aromatic rings. The molecular formula is C15H25N3O. The van der Waals surface area contributed by atoms with Gasteiger partial charge >= 0.3 is 6.03 Å². The summed E-state index contributed by atoms with van der Waals surface area (Å²) in [6, 6.07) is 10.4. The van der Waals surface area contributed by atoms with Crippen LogP contribution in [0.25, 0.3) is 0 Å². The number of nitrogens with one attached hydrogen (secondary N) is 2. The van der Waals surface area contributed by atoms with Crippen molar-refractivity contribution in [2.24, 2.45) is 5.73 Å². The molecule has 0 spiro atoms. The van der Waals surface area contributed by atoms with Gasteiger partial charge in [0, 0.05) is 19.1 Å². The van der Waals surface area contributed by atoms with Gasteiger partial charge in [0.05, 0.1) is 0 Å². The highest BCUT2D eigenvalue weighted by molar-refractivity contribution is 5.71. The quantitative estimate of drug-likeness (QED) is 0.659. The first-order valence-electron chi connectivity index (χ1n) is 6.74. The maximum Gasteiger partial charge on any atom is 0.312 e. The number of nitrogens with two attached hydrogens (primary N) is 1. The molecule has 0 aromatic heterocycles. The Morgan fingerprint density at radius 2 is 1.89 bits per heavy atom. The number of primary amides is 1. The van der Waals surface area contributed by atoms with Gasteiger partial charge in [0.2, 0.25) is 0 Å². The molecule has 2 amide bonds. The highest BCUT2D eigenvalue weighted by atomic mass is 16.2. The number of benzene rings is 1. The van der Waals surface area contributed by atoms with E-state index in [1.54, 1.807) is 0 Å². The summed E-state index contributed by atoms with van der Waals surface area (Å²) in [5, 5.41) is 5.97. The molecule has 4 N–H and O–H groups in total. The molecule has 1 aromatic carbocycles. The minimum atomic E-state index is -0.473. The lowest BCUT2D eigenvalue weighted by Crippen LogP contribution is -2.40. The maximum absolute atomic E-state index is 10.5. The zero-order valence-electron chi connectivity index (χ0n) is 12.1. The molecule has 0 heterocycles. The predicted octanol–water partition coefficient (Wildman–Crippen LogP) is 2.00. The summed E-state index contributed by atoms with van der Waals surface area (Å²) in [5.41, 5.74) is 6.49. The number of carbonyl (C=O) groups is 1. The first-order valence-corrected chi connectivity index (χ1v) is 6.74. The molecule has 0 bridgehead atoms. The van der Waals surface area contributed by atoms with Gasteiger partial charge in [-0.1, -0.05) is 44.2 Å². The van der Waals surface area contributed by atoms with Crippen LogP contribution in [0.2, 0.25) is 0 Å². The Labute approximate surface area is 115 Å². The van der Waals surface area contributed by atoms with E-state index in [1.807, 2.05) is 6.07 Å². The molecule has 19 heavy (non-hydrogen) atoms. The maximum atomic E-state index is 10.5. The summed E-state index contributed by atoms with van der Waals surface area (Å²) in [6.07, 6.45) is 1.04. The SMILES string of the molecule is CC(CC(C)(C)c1ccccc1)NCCNC(N)=O. The monoisotopic (exact) mass is 263 g/mol. The molecule has 0 saturated carbocycles. The summed E-state index contributed by atoms with van der Waals surface area (Å²) < 4.78 is 0. The van der Waals surface area contributed by atoms with E-state index in [0.717, 1.165) is 13.0 Å². The Hall–Kier alpha value is -1.55. The van der Waals surface area contributed by atoms with Crippen LogP contribution >= 0.6 is 0 Å². The molecule has 1 rings (SSSR count). The average molecular weight is 263 g/mol. The van der Waals surface area contributed by atoms with E-state index in [-0.39, 0.29) is 5.41 Å². The molecule has 4 nitrogen and oxygen atoms in total. The van der Waals surface area contributed by atoms with E-state index in [0.29, 0.717) is 12.6 Å². The van der Waals surface area contributed by atoms with Crippen LogP contribution in [0.1, 0.15) is 32.8 Å².